The van der Waals surface area contributed by atoms with Crippen molar-refractivity contribution < 1.29 is 9.59 Å². The second-order valence-electron chi connectivity index (χ2n) is 6.96. The average molecular weight is 362 g/mol. The van der Waals surface area contributed by atoms with Crippen LogP contribution in [0.1, 0.15) is 47.8 Å². The number of piperidine rings is 1. The molecule has 1 atom stereocenters. The lowest BCUT2D eigenvalue weighted by atomic mass is 9.96. The van der Waals surface area contributed by atoms with E-state index in [2.05, 4.69) is 10.2 Å². The number of hydrogen-bond donors (Lipinski definition) is 0. The minimum Gasteiger partial charge on any atom is -0.342 e. The van der Waals surface area contributed by atoms with Crippen LogP contribution < -0.4 is 0 Å². The zero-order chi connectivity index (χ0) is 18.6. The maximum absolute atomic E-state index is 12.6. The molecule has 0 bridgehead atoms. The lowest BCUT2D eigenvalue weighted by molar-refractivity contribution is -0.132. The molecule has 1 fully saturated rings. The normalized spacial score (nSPS) is 17.2. The fraction of sp³-hybridized carbons (Fsp3) is 0.333. The first-order chi connectivity index (χ1) is 13.2. The number of rotatable bonds is 5. The molecule has 4 rings (SSSR count). The fourth-order valence-corrected chi connectivity index (χ4v) is 3.70. The highest BCUT2D eigenvalue weighted by atomic mass is 16.2. The Morgan fingerprint density at radius 3 is 2.67 bits per heavy atom. The van der Waals surface area contributed by atoms with Crippen LogP contribution >= 0.6 is 0 Å². The minimum absolute atomic E-state index is 0.0148. The smallest absolute Gasteiger partial charge is 0.223 e. The van der Waals surface area contributed by atoms with Crippen molar-refractivity contribution in [1.29, 1.82) is 0 Å². The van der Waals surface area contributed by atoms with Crippen molar-refractivity contribution in [3.05, 3.63) is 66.1 Å². The van der Waals surface area contributed by atoms with E-state index >= 15 is 0 Å². The molecule has 27 heavy (non-hydrogen) atoms. The molecule has 2 aromatic heterocycles. The van der Waals surface area contributed by atoms with Gasteiger partial charge in [0.05, 0.1) is 0 Å². The third kappa shape index (κ3) is 3.74. The average Bonchev–Trinajstić information content (AvgIpc) is 3.16. The van der Waals surface area contributed by atoms with E-state index in [4.69, 9.17) is 0 Å². The molecule has 0 saturated carbocycles. The van der Waals surface area contributed by atoms with Crippen molar-refractivity contribution >= 4 is 17.3 Å². The van der Waals surface area contributed by atoms with Gasteiger partial charge in [0.2, 0.25) is 5.91 Å². The molecule has 1 aliphatic rings. The van der Waals surface area contributed by atoms with Gasteiger partial charge in [-0.25, -0.2) is 0 Å². The highest BCUT2D eigenvalue weighted by Gasteiger charge is 2.28. The second-order valence-corrected chi connectivity index (χ2v) is 6.96. The van der Waals surface area contributed by atoms with E-state index in [9.17, 15) is 9.59 Å². The number of Topliss-reactive ketones (excluding diaryl/α,β-unsaturated/α-hetero) is 1. The summed E-state index contributed by atoms with van der Waals surface area (Å²) in [6.45, 7) is 1.37. The Morgan fingerprint density at radius 1 is 1.00 bits per heavy atom. The second kappa shape index (κ2) is 7.70. The summed E-state index contributed by atoms with van der Waals surface area (Å²) in [4.78, 5) is 26.8. The van der Waals surface area contributed by atoms with Crippen LogP contribution in [0, 0.1) is 0 Å². The number of benzene rings is 1. The Morgan fingerprint density at radius 2 is 1.81 bits per heavy atom. The molecular formula is C21H22N4O2. The molecule has 3 aromatic rings. The van der Waals surface area contributed by atoms with E-state index in [1.54, 1.807) is 12.1 Å². The SMILES string of the molecule is O=C(CCC(=O)N1CCCC(c2nnc3ccccn23)C1)c1ccccc1. The van der Waals surface area contributed by atoms with Crippen LogP contribution in [0.4, 0.5) is 0 Å². The van der Waals surface area contributed by atoms with Gasteiger partial charge in [-0.05, 0) is 25.0 Å². The summed E-state index contributed by atoms with van der Waals surface area (Å²) in [6.07, 6.45) is 4.38. The fourth-order valence-electron chi connectivity index (χ4n) is 3.70. The van der Waals surface area contributed by atoms with Crippen molar-refractivity contribution in [3.8, 4) is 0 Å². The van der Waals surface area contributed by atoms with Crippen LogP contribution in [0.5, 0.6) is 0 Å². The Hall–Kier alpha value is -3.02. The Kier molecular flexibility index (Phi) is 4.96. The molecule has 1 aromatic carbocycles. The minimum atomic E-state index is 0.0148. The van der Waals surface area contributed by atoms with Gasteiger partial charge in [0, 0.05) is 43.6 Å². The number of likely N-dealkylation sites (tertiary alicyclic amines) is 1. The number of fused-ring (bicyclic) bond motifs is 1. The summed E-state index contributed by atoms with van der Waals surface area (Å²) in [6, 6.07) is 15.0. The number of pyridine rings is 1. The van der Waals surface area contributed by atoms with Gasteiger partial charge in [0.25, 0.3) is 0 Å². The molecule has 0 aliphatic carbocycles. The Balaban J connectivity index is 1.39. The lowest BCUT2D eigenvalue weighted by Crippen LogP contribution is -2.39. The maximum atomic E-state index is 12.6. The molecule has 1 aliphatic heterocycles. The van der Waals surface area contributed by atoms with E-state index in [0.29, 0.717) is 12.1 Å². The van der Waals surface area contributed by atoms with E-state index in [0.717, 1.165) is 30.9 Å². The molecule has 0 N–H and O–H groups in total. The summed E-state index contributed by atoms with van der Waals surface area (Å²) in [5.74, 6) is 1.13. The predicted molar refractivity (Wildman–Crippen MR) is 102 cm³/mol. The van der Waals surface area contributed by atoms with Crippen LogP contribution in [-0.4, -0.2) is 44.3 Å². The van der Waals surface area contributed by atoms with Crippen molar-refractivity contribution in [3.63, 3.8) is 0 Å². The molecule has 6 nitrogen and oxygen atoms in total. The zero-order valence-corrected chi connectivity index (χ0v) is 15.1. The summed E-state index contributed by atoms with van der Waals surface area (Å²) in [7, 11) is 0. The highest BCUT2D eigenvalue weighted by Crippen LogP contribution is 2.26. The van der Waals surface area contributed by atoms with Gasteiger partial charge in [-0.2, -0.15) is 0 Å². The summed E-state index contributed by atoms with van der Waals surface area (Å²) in [5, 5.41) is 8.57. The van der Waals surface area contributed by atoms with Gasteiger partial charge in [-0.3, -0.25) is 14.0 Å². The highest BCUT2D eigenvalue weighted by molar-refractivity contribution is 5.97. The van der Waals surface area contributed by atoms with Gasteiger partial charge in [0.15, 0.2) is 11.4 Å². The van der Waals surface area contributed by atoms with Crippen molar-refractivity contribution in [2.75, 3.05) is 13.1 Å². The van der Waals surface area contributed by atoms with Crippen molar-refractivity contribution in [1.82, 2.24) is 19.5 Å². The van der Waals surface area contributed by atoms with Crippen LogP contribution in [-0.2, 0) is 4.79 Å². The van der Waals surface area contributed by atoms with Gasteiger partial charge < -0.3 is 4.90 Å². The van der Waals surface area contributed by atoms with Gasteiger partial charge in [-0.1, -0.05) is 36.4 Å². The molecular weight excluding hydrogens is 340 g/mol. The first-order valence-electron chi connectivity index (χ1n) is 9.38. The monoisotopic (exact) mass is 362 g/mol. The molecule has 6 heteroatoms. The number of hydrogen-bond acceptors (Lipinski definition) is 4. The predicted octanol–water partition coefficient (Wildman–Crippen LogP) is 3.10. The van der Waals surface area contributed by atoms with Crippen LogP contribution in [0.3, 0.4) is 0 Å². The van der Waals surface area contributed by atoms with Crippen molar-refractivity contribution in [2.24, 2.45) is 0 Å². The van der Waals surface area contributed by atoms with Gasteiger partial charge in [0.1, 0.15) is 5.82 Å². The number of carbonyl (C=O) groups excluding carboxylic acids is 2. The maximum Gasteiger partial charge on any atom is 0.223 e. The van der Waals surface area contributed by atoms with E-state index in [1.807, 2.05) is 51.9 Å². The standard InChI is InChI=1S/C21H22N4O2/c26-18(16-7-2-1-3-8-16)11-12-20(27)24-13-6-9-17(15-24)21-23-22-19-10-4-5-14-25(19)21/h1-5,7-8,10,14,17H,6,9,11-13,15H2. The van der Waals surface area contributed by atoms with E-state index < -0.39 is 0 Å². The van der Waals surface area contributed by atoms with E-state index in [-0.39, 0.29) is 30.4 Å². The lowest BCUT2D eigenvalue weighted by Gasteiger charge is -2.32. The number of carbonyl (C=O) groups is 2. The van der Waals surface area contributed by atoms with Crippen molar-refractivity contribution in [2.45, 2.75) is 31.6 Å². The summed E-state index contributed by atoms with van der Waals surface area (Å²) in [5.41, 5.74) is 1.49. The summed E-state index contributed by atoms with van der Waals surface area (Å²) < 4.78 is 2.00. The molecule has 1 amide bonds. The zero-order valence-electron chi connectivity index (χ0n) is 15.1. The summed E-state index contributed by atoms with van der Waals surface area (Å²) >= 11 is 0. The molecule has 1 unspecified atom stereocenters. The number of aromatic nitrogens is 3. The van der Waals surface area contributed by atoms with Crippen LogP contribution in [0.2, 0.25) is 0 Å². The van der Waals surface area contributed by atoms with Gasteiger partial charge >= 0.3 is 0 Å². The third-order valence-corrected chi connectivity index (χ3v) is 5.14. The first kappa shape index (κ1) is 17.4. The molecule has 1 saturated heterocycles. The quantitative estimate of drug-likeness (QED) is 0.654. The Bertz CT molecular complexity index is 951. The van der Waals surface area contributed by atoms with Crippen LogP contribution in [0.25, 0.3) is 5.65 Å². The topological polar surface area (TPSA) is 67.6 Å². The Labute approximate surface area is 157 Å². The number of amides is 1. The van der Waals surface area contributed by atoms with E-state index in [1.165, 1.54) is 0 Å². The van der Waals surface area contributed by atoms with Crippen LogP contribution in [0.15, 0.2) is 54.7 Å². The third-order valence-electron chi connectivity index (χ3n) is 5.14. The molecule has 3 heterocycles. The largest absolute Gasteiger partial charge is 0.342 e. The molecule has 0 spiro atoms. The van der Waals surface area contributed by atoms with Gasteiger partial charge in [-0.15, -0.1) is 10.2 Å². The molecule has 138 valence electrons. The number of nitrogens with zero attached hydrogens (tertiary/aromatic N) is 4. The number of ketones is 1. The first-order valence-corrected chi connectivity index (χ1v) is 9.38. The molecule has 0 radical (unpaired) electrons.